The largest absolute Gasteiger partial charge is 0.289 e. The highest BCUT2D eigenvalue weighted by Gasteiger charge is 2.20. The summed E-state index contributed by atoms with van der Waals surface area (Å²) in [5.74, 6) is -0.306. The molecule has 2 heteroatoms. The van der Waals surface area contributed by atoms with Crippen molar-refractivity contribution in [1.82, 2.24) is 0 Å². The molecule has 0 radical (unpaired) electrons. The fraction of sp³-hybridized carbons (Fsp3) is 0.211. The van der Waals surface area contributed by atoms with E-state index in [-0.39, 0.29) is 11.6 Å². The lowest BCUT2D eigenvalue weighted by molar-refractivity contribution is -0.111. The third-order valence-electron chi connectivity index (χ3n) is 3.68. The summed E-state index contributed by atoms with van der Waals surface area (Å²) in [6, 6.07) is 6.20. The predicted octanol–water partition coefficient (Wildman–Crippen LogP) is 5.02. The van der Waals surface area contributed by atoms with E-state index in [0.29, 0.717) is 12.0 Å². The first kappa shape index (κ1) is 15.2. The second-order valence-electron chi connectivity index (χ2n) is 5.10. The number of halogens is 1. The molecule has 2 rings (SSSR count). The first-order chi connectivity index (χ1) is 10.0. The van der Waals surface area contributed by atoms with Crippen LogP contribution in [0.15, 0.2) is 65.8 Å². The summed E-state index contributed by atoms with van der Waals surface area (Å²) in [5, 5.41) is 0. The van der Waals surface area contributed by atoms with Gasteiger partial charge in [-0.05, 0) is 60.8 Å². The summed E-state index contributed by atoms with van der Waals surface area (Å²) < 4.78 is 13.0. The van der Waals surface area contributed by atoms with Crippen molar-refractivity contribution >= 4 is 11.4 Å². The van der Waals surface area contributed by atoms with E-state index < -0.39 is 0 Å². The van der Waals surface area contributed by atoms with Crippen LogP contribution in [0.5, 0.6) is 0 Å². The molecule has 0 saturated heterocycles. The normalized spacial score (nSPS) is 18.1. The Morgan fingerprint density at radius 1 is 1.33 bits per heavy atom. The van der Waals surface area contributed by atoms with Gasteiger partial charge in [-0.15, -0.1) is 0 Å². The van der Waals surface area contributed by atoms with Crippen molar-refractivity contribution in [3.63, 3.8) is 0 Å². The van der Waals surface area contributed by atoms with E-state index in [0.717, 1.165) is 28.7 Å². The molecular weight excluding hydrogens is 263 g/mol. The van der Waals surface area contributed by atoms with Crippen LogP contribution >= 0.6 is 0 Å². The number of hydrogen-bond acceptors (Lipinski definition) is 1. The standard InChI is InChI=1S/C19H19FO/c1-4-14(5-2)11-18-13(3)10-16(12-19(18)21)15-6-8-17(20)9-7-15/h4,6-9,11-12H,3,5,10H2,1-2H3/b14-4-,18-11+. The van der Waals surface area contributed by atoms with Gasteiger partial charge in [0.05, 0.1) is 0 Å². The molecule has 0 fully saturated rings. The van der Waals surface area contributed by atoms with Crippen LogP contribution in [0.3, 0.4) is 0 Å². The molecule has 1 aliphatic rings. The maximum absolute atomic E-state index is 13.0. The molecule has 0 N–H and O–H groups in total. The van der Waals surface area contributed by atoms with Gasteiger partial charge < -0.3 is 0 Å². The predicted molar refractivity (Wildman–Crippen MR) is 85.3 cm³/mol. The third kappa shape index (κ3) is 3.46. The summed E-state index contributed by atoms with van der Waals surface area (Å²) in [6.45, 7) is 8.05. The van der Waals surface area contributed by atoms with Crippen LogP contribution in [0.25, 0.3) is 5.57 Å². The van der Waals surface area contributed by atoms with E-state index in [4.69, 9.17) is 0 Å². The average Bonchev–Trinajstić information content (AvgIpc) is 2.47. The zero-order valence-electron chi connectivity index (χ0n) is 12.4. The van der Waals surface area contributed by atoms with E-state index in [9.17, 15) is 9.18 Å². The fourth-order valence-electron chi connectivity index (χ4n) is 2.38. The maximum Gasteiger partial charge on any atom is 0.186 e. The Labute approximate surface area is 125 Å². The quantitative estimate of drug-likeness (QED) is 0.711. The van der Waals surface area contributed by atoms with Gasteiger partial charge in [0.25, 0.3) is 0 Å². The summed E-state index contributed by atoms with van der Waals surface area (Å²) in [5.41, 5.74) is 4.37. The summed E-state index contributed by atoms with van der Waals surface area (Å²) >= 11 is 0. The number of carbonyl (C=O) groups is 1. The summed E-state index contributed by atoms with van der Waals surface area (Å²) in [6.07, 6.45) is 7.06. The van der Waals surface area contributed by atoms with Crippen molar-refractivity contribution in [2.75, 3.05) is 0 Å². The minimum Gasteiger partial charge on any atom is -0.289 e. The molecule has 1 aliphatic carbocycles. The van der Waals surface area contributed by atoms with Crippen molar-refractivity contribution in [3.05, 3.63) is 77.2 Å². The van der Waals surface area contributed by atoms with Gasteiger partial charge in [-0.25, -0.2) is 4.39 Å². The molecule has 1 nitrogen and oxygen atoms in total. The van der Waals surface area contributed by atoms with Crippen LogP contribution < -0.4 is 0 Å². The molecule has 1 aromatic rings. The molecule has 0 heterocycles. The van der Waals surface area contributed by atoms with E-state index in [1.165, 1.54) is 12.1 Å². The Balaban J connectivity index is 2.34. The molecule has 0 saturated carbocycles. The van der Waals surface area contributed by atoms with Crippen LogP contribution in [0.4, 0.5) is 4.39 Å². The van der Waals surface area contributed by atoms with E-state index in [1.54, 1.807) is 18.2 Å². The van der Waals surface area contributed by atoms with Crippen LogP contribution in [0.1, 0.15) is 32.3 Å². The highest BCUT2D eigenvalue weighted by molar-refractivity contribution is 6.13. The first-order valence-corrected chi connectivity index (χ1v) is 7.11. The van der Waals surface area contributed by atoms with E-state index in [1.807, 2.05) is 19.1 Å². The van der Waals surface area contributed by atoms with E-state index >= 15 is 0 Å². The van der Waals surface area contributed by atoms with Gasteiger partial charge in [-0.2, -0.15) is 0 Å². The molecule has 108 valence electrons. The van der Waals surface area contributed by atoms with Gasteiger partial charge in [0.15, 0.2) is 5.78 Å². The number of carbonyl (C=O) groups excluding carboxylic acids is 1. The van der Waals surface area contributed by atoms with Gasteiger partial charge >= 0.3 is 0 Å². The van der Waals surface area contributed by atoms with Crippen molar-refractivity contribution in [2.45, 2.75) is 26.7 Å². The number of allylic oxidation sites excluding steroid dienone is 7. The SMILES string of the molecule is C=C1CC(c2ccc(F)cc2)=CC(=O)/C1=C/C(=C\C)CC. The number of ketones is 1. The van der Waals surface area contributed by atoms with Crippen LogP contribution in [-0.2, 0) is 4.79 Å². The Bertz CT molecular complexity index is 657. The minimum atomic E-state index is -0.276. The Morgan fingerprint density at radius 2 is 2.00 bits per heavy atom. The number of hydrogen-bond donors (Lipinski definition) is 0. The Morgan fingerprint density at radius 3 is 2.52 bits per heavy atom. The summed E-state index contributed by atoms with van der Waals surface area (Å²) in [4.78, 5) is 12.3. The molecule has 0 aliphatic heterocycles. The van der Waals surface area contributed by atoms with Gasteiger partial charge in [0.2, 0.25) is 0 Å². The van der Waals surface area contributed by atoms with Crippen LogP contribution in [-0.4, -0.2) is 5.78 Å². The number of rotatable bonds is 3. The molecule has 0 amide bonds. The van der Waals surface area contributed by atoms with Crippen molar-refractivity contribution in [2.24, 2.45) is 0 Å². The molecular formula is C19H19FO. The lowest BCUT2D eigenvalue weighted by atomic mass is 9.85. The highest BCUT2D eigenvalue weighted by Crippen LogP contribution is 2.32. The number of benzene rings is 1. The van der Waals surface area contributed by atoms with Crippen LogP contribution in [0.2, 0.25) is 0 Å². The second-order valence-corrected chi connectivity index (χ2v) is 5.10. The van der Waals surface area contributed by atoms with Crippen molar-refractivity contribution in [3.8, 4) is 0 Å². The Hall–Kier alpha value is -2.22. The molecule has 21 heavy (non-hydrogen) atoms. The van der Waals surface area contributed by atoms with Crippen LogP contribution in [0, 0.1) is 5.82 Å². The molecule has 1 aromatic carbocycles. The molecule has 0 bridgehead atoms. The second kappa shape index (κ2) is 6.49. The molecule has 0 aromatic heterocycles. The van der Waals surface area contributed by atoms with Crippen molar-refractivity contribution in [1.29, 1.82) is 0 Å². The molecule has 0 atom stereocenters. The van der Waals surface area contributed by atoms with Gasteiger partial charge in [-0.1, -0.05) is 37.3 Å². The van der Waals surface area contributed by atoms with E-state index in [2.05, 4.69) is 13.5 Å². The monoisotopic (exact) mass is 282 g/mol. The van der Waals surface area contributed by atoms with Gasteiger partial charge in [-0.3, -0.25) is 4.79 Å². The molecule has 0 spiro atoms. The zero-order valence-corrected chi connectivity index (χ0v) is 12.4. The highest BCUT2D eigenvalue weighted by atomic mass is 19.1. The Kier molecular flexibility index (Phi) is 4.69. The van der Waals surface area contributed by atoms with Gasteiger partial charge in [0, 0.05) is 5.57 Å². The fourth-order valence-corrected chi connectivity index (χ4v) is 2.38. The zero-order chi connectivity index (χ0) is 15.4. The lowest BCUT2D eigenvalue weighted by Crippen LogP contribution is -2.09. The third-order valence-corrected chi connectivity index (χ3v) is 3.68. The maximum atomic E-state index is 13.0. The first-order valence-electron chi connectivity index (χ1n) is 7.11. The minimum absolute atomic E-state index is 0.0293. The topological polar surface area (TPSA) is 17.1 Å². The molecule has 0 unspecified atom stereocenters. The lowest BCUT2D eigenvalue weighted by Gasteiger charge is -2.18. The smallest absolute Gasteiger partial charge is 0.186 e. The van der Waals surface area contributed by atoms with Crippen molar-refractivity contribution < 1.29 is 9.18 Å². The van der Waals surface area contributed by atoms with Gasteiger partial charge in [0.1, 0.15) is 5.82 Å². The summed E-state index contributed by atoms with van der Waals surface area (Å²) in [7, 11) is 0. The average molecular weight is 282 g/mol.